The first kappa shape index (κ1) is 11.0. The van der Waals surface area contributed by atoms with Gasteiger partial charge in [-0.2, -0.15) is 0 Å². The Morgan fingerprint density at radius 2 is 2.07 bits per heavy atom. The molecule has 0 aliphatic heterocycles. The van der Waals surface area contributed by atoms with Gasteiger partial charge in [-0.1, -0.05) is 19.6 Å². The van der Waals surface area contributed by atoms with Crippen LogP contribution in [0.2, 0.25) is 25.7 Å². The summed E-state index contributed by atoms with van der Waals surface area (Å²) in [6.07, 6.45) is 1.61. The van der Waals surface area contributed by atoms with Crippen molar-refractivity contribution in [3.63, 3.8) is 0 Å². The van der Waals surface area contributed by atoms with Crippen LogP contribution in [-0.4, -0.2) is 19.7 Å². The quantitative estimate of drug-likeness (QED) is 0.776. The molecule has 0 atom stereocenters. The van der Waals surface area contributed by atoms with E-state index < -0.39 is 8.07 Å². The van der Waals surface area contributed by atoms with Crippen molar-refractivity contribution in [3.05, 3.63) is 18.3 Å². The van der Waals surface area contributed by atoms with E-state index in [9.17, 15) is 0 Å². The van der Waals surface area contributed by atoms with Crippen LogP contribution >= 0.6 is 0 Å². The van der Waals surface area contributed by atoms with Gasteiger partial charge in [-0.05, 0) is 12.1 Å². The van der Waals surface area contributed by atoms with Crippen LogP contribution in [0.15, 0.2) is 18.3 Å². The molecular formula is C10H18N2OSi. The van der Waals surface area contributed by atoms with Crippen LogP contribution in [0.25, 0.3) is 0 Å². The second-order valence-corrected chi connectivity index (χ2v) is 10.2. The highest BCUT2D eigenvalue weighted by Gasteiger charge is 2.12. The van der Waals surface area contributed by atoms with E-state index in [0.717, 1.165) is 12.7 Å². The number of ether oxygens (including phenoxy) is 1. The molecule has 14 heavy (non-hydrogen) atoms. The van der Waals surface area contributed by atoms with Gasteiger partial charge in [0.05, 0.1) is 18.5 Å². The third kappa shape index (κ3) is 4.27. The zero-order valence-corrected chi connectivity index (χ0v) is 10.1. The summed E-state index contributed by atoms with van der Waals surface area (Å²) in [6.45, 7) is 7.74. The molecule has 0 aromatic carbocycles. The highest BCUT2D eigenvalue weighted by Crippen LogP contribution is 2.12. The fraction of sp³-hybridized carbons (Fsp3) is 0.500. The molecule has 78 valence electrons. The maximum Gasteiger partial charge on any atom is 0.213 e. The van der Waals surface area contributed by atoms with Gasteiger partial charge in [0.15, 0.2) is 0 Å². The summed E-state index contributed by atoms with van der Waals surface area (Å²) in [5.41, 5.74) is 6.18. The molecule has 0 unspecified atom stereocenters. The van der Waals surface area contributed by atoms with Crippen LogP contribution in [0.3, 0.4) is 0 Å². The number of aromatic nitrogens is 1. The molecular weight excluding hydrogens is 192 g/mol. The minimum absolute atomic E-state index is 0.664. The first-order valence-corrected chi connectivity index (χ1v) is 8.52. The first-order chi connectivity index (χ1) is 6.47. The number of nitrogens with zero attached hydrogens (tertiary/aromatic N) is 1. The Morgan fingerprint density at radius 3 is 2.57 bits per heavy atom. The summed E-state index contributed by atoms with van der Waals surface area (Å²) >= 11 is 0. The van der Waals surface area contributed by atoms with Crippen molar-refractivity contribution in [1.82, 2.24) is 4.98 Å². The standard InChI is InChI=1S/C10H18N2OSi/c1-14(2,3)7-6-13-10-5-4-9(11)8-12-10/h4-5,8H,6-7,11H2,1-3H3. The predicted molar refractivity (Wildman–Crippen MR) is 62.3 cm³/mol. The number of hydrogen-bond donors (Lipinski definition) is 1. The lowest BCUT2D eigenvalue weighted by atomic mass is 10.4. The lowest BCUT2D eigenvalue weighted by Crippen LogP contribution is -2.22. The lowest BCUT2D eigenvalue weighted by molar-refractivity contribution is 0.325. The average molecular weight is 210 g/mol. The predicted octanol–water partition coefficient (Wildman–Crippen LogP) is 2.38. The van der Waals surface area contributed by atoms with Crippen LogP contribution in [0.5, 0.6) is 5.88 Å². The average Bonchev–Trinajstić information content (AvgIpc) is 2.06. The smallest absolute Gasteiger partial charge is 0.213 e. The zero-order chi connectivity index (χ0) is 10.6. The maximum absolute atomic E-state index is 5.51. The molecule has 0 saturated heterocycles. The third-order valence-corrected chi connectivity index (χ3v) is 3.57. The van der Waals surface area contributed by atoms with Crippen molar-refractivity contribution in [3.8, 4) is 5.88 Å². The van der Waals surface area contributed by atoms with Crippen LogP contribution < -0.4 is 10.5 Å². The molecule has 0 bridgehead atoms. The lowest BCUT2D eigenvalue weighted by Gasteiger charge is -2.15. The Hall–Kier alpha value is -1.03. The molecule has 0 amide bonds. The number of rotatable bonds is 4. The Bertz CT molecular complexity index is 279. The van der Waals surface area contributed by atoms with Gasteiger partial charge in [0.2, 0.25) is 5.88 Å². The molecule has 1 aromatic rings. The monoisotopic (exact) mass is 210 g/mol. The second-order valence-electron chi connectivity index (χ2n) is 4.59. The summed E-state index contributed by atoms with van der Waals surface area (Å²) in [5.74, 6) is 0.664. The third-order valence-electron chi connectivity index (χ3n) is 1.86. The fourth-order valence-electron chi connectivity index (χ4n) is 0.939. The summed E-state index contributed by atoms with van der Waals surface area (Å²) in [7, 11) is -0.999. The van der Waals surface area contributed by atoms with Crippen LogP contribution in [0, 0.1) is 0 Å². The zero-order valence-electron chi connectivity index (χ0n) is 9.08. The largest absolute Gasteiger partial charge is 0.478 e. The molecule has 2 N–H and O–H groups in total. The summed E-state index contributed by atoms with van der Waals surface area (Å²) in [6, 6.07) is 4.76. The van der Waals surface area contributed by atoms with Crippen molar-refractivity contribution in [2.24, 2.45) is 0 Å². The van der Waals surface area contributed by atoms with E-state index in [0.29, 0.717) is 11.6 Å². The van der Waals surface area contributed by atoms with Gasteiger partial charge in [0.1, 0.15) is 0 Å². The number of nitrogen functional groups attached to an aromatic ring is 1. The van der Waals surface area contributed by atoms with Crippen molar-refractivity contribution in [2.45, 2.75) is 25.7 Å². The van der Waals surface area contributed by atoms with Gasteiger partial charge in [-0.3, -0.25) is 0 Å². The van der Waals surface area contributed by atoms with Gasteiger partial charge in [-0.25, -0.2) is 4.98 Å². The highest BCUT2D eigenvalue weighted by molar-refractivity contribution is 6.76. The van der Waals surface area contributed by atoms with E-state index in [2.05, 4.69) is 24.6 Å². The Morgan fingerprint density at radius 1 is 1.36 bits per heavy atom. The Kier molecular flexibility index (Phi) is 3.52. The van der Waals surface area contributed by atoms with Gasteiger partial charge in [-0.15, -0.1) is 0 Å². The minimum atomic E-state index is -0.999. The second kappa shape index (κ2) is 4.46. The fourth-order valence-corrected chi connectivity index (χ4v) is 1.65. The summed E-state index contributed by atoms with van der Waals surface area (Å²) < 4.78 is 5.51. The van der Waals surface area contributed by atoms with E-state index in [4.69, 9.17) is 10.5 Å². The molecule has 0 saturated carbocycles. The van der Waals surface area contributed by atoms with Crippen molar-refractivity contribution < 1.29 is 4.74 Å². The molecule has 0 spiro atoms. The van der Waals surface area contributed by atoms with Crippen LogP contribution in [0.4, 0.5) is 5.69 Å². The first-order valence-electron chi connectivity index (χ1n) is 4.82. The van der Waals surface area contributed by atoms with Crippen molar-refractivity contribution >= 4 is 13.8 Å². The maximum atomic E-state index is 5.51. The highest BCUT2D eigenvalue weighted by atomic mass is 28.3. The summed E-state index contributed by atoms with van der Waals surface area (Å²) in [5, 5.41) is 0. The molecule has 0 radical (unpaired) electrons. The summed E-state index contributed by atoms with van der Waals surface area (Å²) in [4.78, 5) is 4.07. The number of nitrogens with two attached hydrogens (primary N) is 1. The van der Waals surface area contributed by atoms with E-state index in [1.807, 2.05) is 0 Å². The molecule has 1 aromatic heterocycles. The van der Waals surface area contributed by atoms with Gasteiger partial charge in [0, 0.05) is 14.1 Å². The molecule has 3 nitrogen and oxygen atoms in total. The molecule has 0 aliphatic rings. The SMILES string of the molecule is C[Si](C)(C)CCOc1ccc(N)cn1. The molecule has 1 heterocycles. The molecule has 4 heteroatoms. The topological polar surface area (TPSA) is 48.1 Å². The normalized spacial score (nSPS) is 11.4. The number of pyridine rings is 1. The van der Waals surface area contributed by atoms with Gasteiger partial charge in [0.25, 0.3) is 0 Å². The van der Waals surface area contributed by atoms with E-state index >= 15 is 0 Å². The molecule has 0 fully saturated rings. The van der Waals surface area contributed by atoms with Gasteiger partial charge >= 0.3 is 0 Å². The van der Waals surface area contributed by atoms with Crippen LogP contribution in [-0.2, 0) is 0 Å². The minimum Gasteiger partial charge on any atom is -0.478 e. The molecule has 1 rings (SSSR count). The van der Waals surface area contributed by atoms with Crippen molar-refractivity contribution in [1.29, 1.82) is 0 Å². The Labute approximate surface area is 86.3 Å². The number of anilines is 1. The van der Waals surface area contributed by atoms with E-state index in [1.165, 1.54) is 0 Å². The Balaban J connectivity index is 2.35. The van der Waals surface area contributed by atoms with E-state index in [1.54, 1.807) is 18.3 Å². The molecule has 0 aliphatic carbocycles. The van der Waals surface area contributed by atoms with Crippen LogP contribution in [0.1, 0.15) is 0 Å². The van der Waals surface area contributed by atoms with Crippen molar-refractivity contribution in [2.75, 3.05) is 12.3 Å². The van der Waals surface area contributed by atoms with Gasteiger partial charge < -0.3 is 10.5 Å². The van der Waals surface area contributed by atoms with E-state index in [-0.39, 0.29) is 0 Å². The number of hydrogen-bond acceptors (Lipinski definition) is 3.